The van der Waals surface area contributed by atoms with Gasteiger partial charge in [-0.25, -0.2) is 0 Å². The van der Waals surface area contributed by atoms with Crippen LogP contribution in [-0.4, -0.2) is 11.5 Å². The lowest BCUT2D eigenvalue weighted by Crippen LogP contribution is -2.14. The van der Waals surface area contributed by atoms with E-state index in [0.29, 0.717) is 11.6 Å². The van der Waals surface area contributed by atoms with Crippen LogP contribution in [0.3, 0.4) is 0 Å². The predicted octanol–water partition coefficient (Wildman–Crippen LogP) is 3.08. The van der Waals surface area contributed by atoms with E-state index >= 15 is 0 Å². The van der Waals surface area contributed by atoms with Crippen LogP contribution in [0.25, 0.3) is 10.8 Å². The Bertz CT molecular complexity index is 508. The van der Waals surface area contributed by atoms with E-state index in [-0.39, 0.29) is 0 Å². The summed E-state index contributed by atoms with van der Waals surface area (Å²) in [4.78, 5) is 4.08. The standard InChI is InChI=1S/C13H13ClN2/c1-10(14)7-16-8-11-2-3-13-9-15-5-4-12(13)6-11/h2-6,9,16H,1,7-8H2. The molecule has 3 heteroatoms. The summed E-state index contributed by atoms with van der Waals surface area (Å²) in [7, 11) is 0. The molecule has 16 heavy (non-hydrogen) atoms. The summed E-state index contributed by atoms with van der Waals surface area (Å²) in [6.07, 6.45) is 3.67. The molecule has 0 saturated carbocycles. The molecule has 0 amide bonds. The third-order valence-electron chi connectivity index (χ3n) is 2.35. The third-order valence-corrected chi connectivity index (χ3v) is 2.48. The molecule has 2 rings (SSSR count). The van der Waals surface area contributed by atoms with Crippen LogP contribution >= 0.6 is 11.6 Å². The molecule has 0 spiro atoms. The molecule has 1 N–H and O–H groups in total. The summed E-state index contributed by atoms with van der Waals surface area (Å²) in [6, 6.07) is 8.34. The van der Waals surface area contributed by atoms with E-state index < -0.39 is 0 Å². The quantitative estimate of drug-likeness (QED) is 0.877. The Kier molecular flexibility index (Phi) is 3.54. The van der Waals surface area contributed by atoms with Gasteiger partial charge in [0.2, 0.25) is 0 Å². The highest BCUT2D eigenvalue weighted by molar-refractivity contribution is 6.29. The van der Waals surface area contributed by atoms with E-state index in [9.17, 15) is 0 Å². The minimum absolute atomic E-state index is 0.630. The van der Waals surface area contributed by atoms with Crippen molar-refractivity contribution in [3.05, 3.63) is 53.8 Å². The van der Waals surface area contributed by atoms with Crippen LogP contribution in [0.4, 0.5) is 0 Å². The molecule has 1 aromatic carbocycles. The van der Waals surface area contributed by atoms with Gasteiger partial charge in [0.15, 0.2) is 0 Å². The molecule has 0 bridgehead atoms. The molecular formula is C13H13ClN2. The molecule has 2 aromatic rings. The number of aromatic nitrogens is 1. The van der Waals surface area contributed by atoms with Gasteiger partial charge in [-0.3, -0.25) is 4.98 Å². The lowest BCUT2D eigenvalue weighted by molar-refractivity contribution is 0.756. The minimum Gasteiger partial charge on any atom is -0.308 e. The predicted molar refractivity (Wildman–Crippen MR) is 68.4 cm³/mol. The van der Waals surface area contributed by atoms with Crippen molar-refractivity contribution in [2.75, 3.05) is 6.54 Å². The van der Waals surface area contributed by atoms with E-state index in [1.807, 2.05) is 12.3 Å². The van der Waals surface area contributed by atoms with E-state index in [4.69, 9.17) is 11.6 Å². The Morgan fingerprint density at radius 1 is 1.31 bits per heavy atom. The Morgan fingerprint density at radius 3 is 3.00 bits per heavy atom. The van der Waals surface area contributed by atoms with Crippen LogP contribution in [0.1, 0.15) is 5.56 Å². The molecule has 0 aliphatic heterocycles. The maximum atomic E-state index is 5.67. The molecule has 0 unspecified atom stereocenters. The molecule has 82 valence electrons. The Hall–Kier alpha value is -1.38. The van der Waals surface area contributed by atoms with Crippen molar-refractivity contribution in [2.45, 2.75) is 6.54 Å². The molecule has 0 radical (unpaired) electrons. The smallest absolute Gasteiger partial charge is 0.0346 e. The summed E-state index contributed by atoms with van der Waals surface area (Å²) in [5, 5.41) is 6.22. The lowest BCUT2D eigenvalue weighted by Gasteiger charge is -2.05. The van der Waals surface area contributed by atoms with Crippen molar-refractivity contribution in [2.24, 2.45) is 0 Å². The first-order valence-electron chi connectivity index (χ1n) is 5.12. The second-order valence-corrected chi connectivity index (χ2v) is 4.21. The number of nitrogens with zero attached hydrogens (tertiary/aromatic N) is 1. The van der Waals surface area contributed by atoms with Crippen molar-refractivity contribution in [3.63, 3.8) is 0 Å². The van der Waals surface area contributed by atoms with E-state index in [0.717, 1.165) is 11.9 Å². The second kappa shape index (κ2) is 5.10. The Morgan fingerprint density at radius 2 is 2.19 bits per heavy atom. The average molecular weight is 233 g/mol. The molecular weight excluding hydrogens is 220 g/mol. The first-order valence-corrected chi connectivity index (χ1v) is 5.50. The Balaban J connectivity index is 2.10. The van der Waals surface area contributed by atoms with Gasteiger partial charge >= 0.3 is 0 Å². The number of rotatable bonds is 4. The van der Waals surface area contributed by atoms with Crippen LogP contribution in [0.15, 0.2) is 48.3 Å². The van der Waals surface area contributed by atoms with Crippen LogP contribution < -0.4 is 5.32 Å². The van der Waals surface area contributed by atoms with E-state index in [1.165, 1.54) is 10.9 Å². The van der Waals surface area contributed by atoms with Crippen molar-refractivity contribution in [1.82, 2.24) is 10.3 Å². The summed E-state index contributed by atoms with van der Waals surface area (Å²) < 4.78 is 0. The summed E-state index contributed by atoms with van der Waals surface area (Å²) >= 11 is 5.67. The maximum Gasteiger partial charge on any atom is 0.0346 e. The average Bonchev–Trinajstić information content (AvgIpc) is 2.28. The summed E-state index contributed by atoms with van der Waals surface area (Å²) in [5.41, 5.74) is 1.23. The molecule has 1 aromatic heterocycles. The van der Waals surface area contributed by atoms with Gasteiger partial charge in [-0.15, -0.1) is 0 Å². The fourth-order valence-electron chi connectivity index (χ4n) is 1.59. The zero-order chi connectivity index (χ0) is 11.4. The molecule has 2 nitrogen and oxygen atoms in total. The Labute approximate surface area is 100.0 Å². The molecule has 0 atom stereocenters. The number of nitrogens with one attached hydrogen (secondary N) is 1. The second-order valence-electron chi connectivity index (χ2n) is 3.68. The lowest BCUT2D eigenvalue weighted by atomic mass is 10.1. The van der Waals surface area contributed by atoms with Crippen LogP contribution in [0.2, 0.25) is 0 Å². The number of pyridine rings is 1. The number of hydrogen-bond acceptors (Lipinski definition) is 2. The summed E-state index contributed by atoms with van der Waals surface area (Å²) in [5.74, 6) is 0. The SMILES string of the molecule is C=C(Cl)CNCc1ccc2cnccc2c1. The maximum absolute atomic E-state index is 5.67. The number of halogens is 1. The van der Waals surface area contributed by atoms with Gasteiger partial charge in [0.25, 0.3) is 0 Å². The third kappa shape index (κ3) is 2.81. The highest BCUT2D eigenvalue weighted by Gasteiger charge is 1.96. The van der Waals surface area contributed by atoms with Gasteiger partial charge < -0.3 is 5.32 Å². The van der Waals surface area contributed by atoms with Crippen molar-refractivity contribution in [3.8, 4) is 0 Å². The molecule has 0 saturated heterocycles. The molecule has 0 fully saturated rings. The first-order chi connectivity index (χ1) is 7.75. The largest absolute Gasteiger partial charge is 0.308 e. The molecule has 1 heterocycles. The fraction of sp³-hybridized carbons (Fsp3) is 0.154. The van der Waals surface area contributed by atoms with Gasteiger partial charge in [-0.1, -0.05) is 30.3 Å². The highest BCUT2D eigenvalue weighted by atomic mass is 35.5. The van der Waals surface area contributed by atoms with Crippen LogP contribution in [-0.2, 0) is 6.54 Å². The van der Waals surface area contributed by atoms with Gasteiger partial charge in [-0.2, -0.15) is 0 Å². The van der Waals surface area contributed by atoms with Gasteiger partial charge in [0.1, 0.15) is 0 Å². The summed E-state index contributed by atoms with van der Waals surface area (Å²) in [6.45, 7) is 5.06. The van der Waals surface area contributed by atoms with Gasteiger partial charge in [0, 0.05) is 35.9 Å². The zero-order valence-electron chi connectivity index (χ0n) is 8.91. The van der Waals surface area contributed by atoms with Crippen molar-refractivity contribution in [1.29, 1.82) is 0 Å². The number of fused-ring (bicyclic) bond motifs is 1. The van der Waals surface area contributed by atoms with Gasteiger partial charge in [0.05, 0.1) is 0 Å². The number of hydrogen-bond donors (Lipinski definition) is 1. The van der Waals surface area contributed by atoms with Crippen molar-refractivity contribution < 1.29 is 0 Å². The first kappa shape index (κ1) is 11.1. The van der Waals surface area contributed by atoms with Crippen LogP contribution in [0.5, 0.6) is 0 Å². The highest BCUT2D eigenvalue weighted by Crippen LogP contribution is 2.14. The minimum atomic E-state index is 0.630. The van der Waals surface area contributed by atoms with E-state index in [1.54, 1.807) is 6.20 Å². The zero-order valence-corrected chi connectivity index (χ0v) is 9.67. The van der Waals surface area contributed by atoms with Crippen molar-refractivity contribution >= 4 is 22.4 Å². The van der Waals surface area contributed by atoms with E-state index in [2.05, 4.69) is 35.1 Å². The fourth-order valence-corrected chi connectivity index (χ4v) is 1.68. The normalized spacial score (nSPS) is 10.6. The molecule has 0 aliphatic rings. The monoisotopic (exact) mass is 232 g/mol. The van der Waals surface area contributed by atoms with Gasteiger partial charge in [-0.05, 0) is 23.1 Å². The van der Waals surface area contributed by atoms with Crippen LogP contribution in [0, 0.1) is 0 Å². The molecule has 0 aliphatic carbocycles. The topological polar surface area (TPSA) is 24.9 Å². The number of benzene rings is 1.